The Balaban J connectivity index is 2.73. The number of carbonyl (C=O) groups is 1. The lowest BCUT2D eigenvalue weighted by atomic mass is 10.1. The normalized spacial score (nSPS) is 14.9. The van der Waals surface area contributed by atoms with Crippen molar-refractivity contribution in [1.82, 2.24) is 5.32 Å². The third-order valence-electron chi connectivity index (χ3n) is 1.94. The fraction of sp³-hybridized carbons (Fsp3) is 0.444. The average Bonchev–Trinajstić information content (AvgIpc) is 2.65. The van der Waals surface area contributed by atoms with Crippen molar-refractivity contribution < 1.29 is 20.1 Å². The molecule has 4 N–H and O–H groups in total. The van der Waals surface area contributed by atoms with Crippen molar-refractivity contribution in [1.29, 1.82) is 0 Å². The molecular weight excluding hydrogens is 218 g/mol. The second kappa shape index (κ2) is 5.22. The van der Waals surface area contributed by atoms with Gasteiger partial charge in [0.15, 0.2) is 0 Å². The maximum atomic E-state index is 10.6. The Labute approximate surface area is 91.0 Å². The first-order valence-electron chi connectivity index (χ1n) is 4.38. The number of hydrogen-bond acceptors (Lipinski definition) is 5. The van der Waals surface area contributed by atoms with Gasteiger partial charge < -0.3 is 20.6 Å². The van der Waals surface area contributed by atoms with Gasteiger partial charge in [0.25, 0.3) is 0 Å². The van der Waals surface area contributed by atoms with E-state index in [-0.39, 0.29) is 12.1 Å². The largest absolute Gasteiger partial charge is 0.478 e. The van der Waals surface area contributed by atoms with Gasteiger partial charge in [0.05, 0.1) is 11.7 Å². The molecule has 1 heterocycles. The van der Waals surface area contributed by atoms with Crippen molar-refractivity contribution in [2.75, 3.05) is 13.6 Å². The molecule has 0 fully saturated rings. The molecule has 0 aromatic carbocycles. The SMILES string of the molecule is CNCC(O)C(O)c1cc(C(=O)O)cs1. The Hall–Kier alpha value is -0.950. The lowest BCUT2D eigenvalue weighted by Crippen LogP contribution is -2.29. The van der Waals surface area contributed by atoms with E-state index < -0.39 is 18.2 Å². The summed E-state index contributed by atoms with van der Waals surface area (Å²) >= 11 is 1.12. The third-order valence-corrected chi connectivity index (χ3v) is 2.94. The molecule has 0 aliphatic carbocycles. The van der Waals surface area contributed by atoms with E-state index in [4.69, 9.17) is 5.11 Å². The molecule has 0 saturated carbocycles. The summed E-state index contributed by atoms with van der Waals surface area (Å²) in [5.41, 5.74) is 0.130. The van der Waals surface area contributed by atoms with Crippen LogP contribution in [0.3, 0.4) is 0 Å². The third kappa shape index (κ3) is 3.00. The summed E-state index contributed by atoms with van der Waals surface area (Å²) in [6.07, 6.45) is -1.98. The summed E-state index contributed by atoms with van der Waals surface area (Å²) in [7, 11) is 1.66. The van der Waals surface area contributed by atoms with Gasteiger partial charge in [-0.1, -0.05) is 0 Å². The zero-order chi connectivity index (χ0) is 11.4. The Bertz CT molecular complexity index is 339. The number of hydrogen-bond donors (Lipinski definition) is 4. The second-order valence-corrected chi connectivity index (χ2v) is 4.06. The van der Waals surface area contributed by atoms with Gasteiger partial charge in [0, 0.05) is 16.8 Å². The predicted molar refractivity (Wildman–Crippen MR) is 56.2 cm³/mol. The maximum absolute atomic E-state index is 10.6. The van der Waals surface area contributed by atoms with E-state index in [1.807, 2.05) is 0 Å². The highest BCUT2D eigenvalue weighted by molar-refractivity contribution is 7.10. The van der Waals surface area contributed by atoms with Crippen LogP contribution >= 0.6 is 11.3 Å². The van der Waals surface area contributed by atoms with Crippen LogP contribution in [0.5, 0.6) is 0 Å². The second-order valence-electron chi connectivity index (χ2n) is 3.11. The molecule has 6 heteroatoms. The van der Waals surface area contributed by atoms with Crippen LogP contribution in [0.25, 0.3) is 0 Å². The Morgan fingerprint density at radius 2 is 2.27 bits per heavy atom. The van der Waals surface area contributed by atoms with Gasteiger partial charge in [-0.2, -0.15) is 0 Å². The molecule has 0 aliphatic heterocycles. The number of aromatic carboxylic acids is 1. The topological polar surface area (TPSA) is 89.8 Å². The molecule has 0 saturated heterocycles. The van der Waals surface area contributed by atoms with E-state index >= 15 is 0 Å². The van der Waals surface area contributed by atoms with Crippen LogP contribution in [-0.2, 0) is 0 Å². The first-order valence-corrected chi connectivity index (χ1v) is 5.26. The highest BCUT2D eigenvalue weighted by Crippen LogP contribution is 2.24. The molecule has 2 unspecified atom stereocenters. The first-order chi connectivity index (χ1) is 7.06. The van der Waals surface area contributed by atoms with Crippen molar-refractivity contribution in [3.63, 3.8) is 0 Å². The number of aliphatic hydroxyl groups is 2. The Morgan fingerprint density at radius 1 is 1.60 bits per heavy atom. The molecule has 1 aromatic rings. The summed E-state index contributed by atoms with van der Waals surface area (Å²) in [6.45, 7) is 0.251. The summed E-state index contributed by atoms with van der Waals surface area (Å²) in [4.78, 5) is 11.0. The molecule has 1 aromatic heterocycles. The summed E-state index contributed by atoms with van der Waals surface area (Å²) in [6, 6.07) is 1.37. The van der Waals surface area contributed by atoms with E-state index in [0.29, 0.717) is 4.88 Å². The van der Waals surface area contributed by atoms with Crippen LogP contribution in [0.15, 0.2) is 11.4 Å². The number of carboxylic acid groups (broad SMARTS) is 1. The number of aliphatic hydroxyl groups excluding tert-OH is 2. The van der Waals surface area contributed by atoms with E-state index in [2.05, 4.69) is 5.32 Å². The smallest absolute Gasteiger partial charge is 0.336 e. The number of likely N-dealkylation sites (N-methyl/N-ethyl adjacent to an activating group) is 1. The molecule has 5 nitrogen and oxygen atoms in total. The maximum Gasteiger partial charge on any atom is 0.336 e. The summed E-state index contributed by atoms with van der Waals surface area (Å²) < 4.78 is 0. The van der Waals surface area contributed by atoms with E-state index in [1.54, 1.807) is 7.05 Å². The zero-order valence-electron chi connectivity index (χ0n) is 8.17. The standard InChI is InChI=1S/C9H13NO4S/c1-10-3-6(11)8(12)7-2-5(4-15-7)9(13)14/h2,4,6,8,10-12H,3H2,1H3,(H,13,14). The molecule has 1 rings (SSSR count). The van der Waals surface area contributed by atoms with Gasteiger partial charge in [-0.3, -0.25) is 0 Å². The first kappa shape index (κ1) is 12.1. The zero-order valence-corrected chi connectivity index (χ0v) is 8.99. The number of carboxylic acids is 1. The minimum atomic E-state index is -1.05. The molecule has 0 spiro atoms. The molecule has 0 bridgehead atoms. The molecule has 84 valence electrons. The predicted octanol–water partition coefficient (Wildman–Crippen LogP) is 0.0600. The van der Waals surface area contributed by atoms with Crippen molar-refractivity contribution >= 4 is 17.3 Å². The quantitative estimate of drug-likeness (QED) is 0.575. The minimum absolute atomic E-state index is 0.130. The van der Waals surface area contributed by atoms with Gasteiger partial charge in [0.1, 0.15) is 6.10 Å². The molecular formula is C9H13NO4S. The molecule has 2 atom stereocenters. The van der Waals surface area contributed by atoms with Crippen molar-refractivity contribution in [3.05, 3.63) is 21.9 Å². The lowest BCUT2D eigenvalue weighted by molar-refractivity contribution is 0.0223. The van der Waals surface area contributed by atoms with E-state index in [1.165, 1.54) is 11.4 Å². The van der Waals surface area contributed by atoms with Gasteiger partial charge in [-0.05, 0) is 13.1 Å². The fourth-order valence-electron chi connectivity index (χ4n) is 1.13. The summed E-state index contributed by atoms with van der Waals surface area (Å²) in [5.74, 6) is -1.03. The molecule has 15 heavy (non-hydrogen) atoms. The molecule has 0 aliphatic rings. The Kier molecular flexibility index (Phi) is 4.22. The van der Waals surface area contributed by atoms with Crippen LogP contribution in [0, 0.1) is 0 Å². The van der Waals surface area contributed by atoms with Crippen molar-refractivity contribution in [3.8, 4) is 0 Å². The van der Waals surface area contributed by atoms with Crippen LogP contribution in [0.4, 0.5) is 0 Å². The van der Waals surface area contributed by atoms with Crippen molar-refractivity contribution in [2.45, 2.75) is 12.2 Å². The number of nitrogens with one attached hydrogen (secondary N) is 1. The lowest BCUT2D eigenvalue weighted by Gasteiger charge is -2.15. The Morgan fingerprint density at radius 3 is 2.73 bits per heavy atom. The van der Waals surface area contributed by atoms with E-state index in [0.717, 1.165) is 11.3 Å². The van der Waals surface area contributed by atoms with Crippen LogP contribution in [-0.4, -0.2) is 41.0 Å². The molecule has 0 radical (unpaired) electrons. The van der Waals surface area contributed by atoms with Gasteiger partial charge in [0.2, 0.25) is 0 Å². The number of rotatable bonds is 5. The molecule has 0 amide bonds. The highest BCUT2D eigenvalue weighted by atomic mass is 32.1. The van der Waals surface area contributed by atoms with Gasteiger partial charge >= 0.3 is 5.97 Å². The van der Waals surface area contributed by atoms with Gasteiger partial charge in [-0.25, -0.2) is 4.79 Å². The van der Waals surface area contributed by atoms with Crippen molar-refractivity contribution in [2.24, 2.45) is 0 Å². The number of thiophene rings is 1. The summed E-state index contributed by atoms with van der Waals surface area (Å²) in [5, 5.41) is 31.9. The van der Waals surface area contributed by atoms with Crippen LogP contribution < -0.4 is 5.32 Å². The fourth-order valence-corrected chi connectivity index (χ4v) is 2.05. The van der Waals surface area contributed by atoms with Crippen LogP contribution in [0.2, 0.25) is 0 Å². The van der Waals surface area contributed by atoms with E-state index in [9.17, 15) is 15.0 Å². The highest BCUT2D eigenvalue weighted by Gasteiger charge is 2.20. The minimum Gasteiger partial charge on any atom is -0.478 e. The average molecular weight is 231 g/mol. The monoisotopic (exact) mass is 231 g/mol. The van der Waals surface area contributed by atoms with Crippen LogP contribution in [0.1, 0.15) is 21.3 Å². The van der Waals surface area contributed by atoms with Gasteiger partial charge in [-0.15, -0.1) is 11.3 Å².